The summed E-state index contributed by atoms with van der Waals surface area (Å²) in [5.74, 6) is 0.578. The molecule has 0 bridgehead atoms. The molecule has 1 N–H and O–H groups in total. The summed E-state index contributed by atoms with van der Waals surface area (Å²) in [6, 6.07) is 4.33. The van der Waals surface area contributed by atoms with Crippen molar-refractivity contribution in [1.29, 1.82) is 0 Å². The summed E-state index contributed by atoms with van der Waals surface area (Å²) < 4.78 is 2.28. The van der Waals surface area contributed by atoms with E-state index in [9.17, 15) is 4.79 Å². The predicted molar refractivity (Wildman–Crippen MR) is 99.8 cm³/mol. The molecule has 0 aromatic carbocycles. The van der Waals surface area contributed by atoms with Gasteiger partial charge in [0.2, 0.25) is 5.91 Å². The lowest BCUT2D eigenvalue weighted by Gasteiger charge is -2.36. The molecule has 2 aliphatic rings. The minimum atomic E-state index is 0.218. The number of nitrogens with zero attached hydrogens (tertiary/aromatic N) is 4. The Morgan fingerprint density at radius 1 is 1.24 bits per heavy atom. The summed E-state index contributed by atoms with van der Waals surface area (Å²) in [7, 11) is 0. The fourth-order valence-corrected chi connectivity index (χ4v) is 4.68. The van der Waals surface area contributed by atoms with Gasteiger partial charge in [0.15, 0.2) is 10.8 Å². The number of hydrogen-bond donors (Lipinski definition) is 1. The van der Waals surface area contributed by atoms with Crippen LogP contribution in [0.1, 0.15) is 31.7 Å². The lowest BCUT2D eigenvalue weighted by atomic mass is 9.95. The molecule has 2 saturated heterocycles. The van der Waals surface area contributed by atoms with E-state index in [1.165, 1.54) is 0 Å². The number of piperidine rings is 2. The van der Waals surface area contributed by atoms with Gasteiger partial charge in [0.25, 0.3) is 0 Å². The third-order valence-corrected chi connectivity index (χ3v) is 6.08. The van der Waals surface area contributed by atoms with Gasteiger partial charge >= 0.3 is 0 Å². The Labute approximate surface area is 152 Å². The molecule has 2 fully saturated rings. The molecule has 2 aromatic heterocycles. The smallest absolute Gasteiger partial charge is 0.225 e. The van der Waals surface area contributed by atoms with Crippen LogP contribution in [0.5, 0.6) is 0 Å². The van der Waals surface area contributed by atoms with E-state index in [0.717, 1.165) is 68.2 Å². The molecule has 134 valence electrons. The summed E-state index contributed by atoms with van der Waals surface area (Å²) in [6.07, 6.45) is 7.81. The Kier molecular flexibility index (Phi) is 4.94. The SMILES string of the molecule is CSc1nc2cccnc2n1C1CCN(C(=O)C2CCNCC2)CC1. The maximum Gasteiger partial charge on any atom is 0.225 e. The number of amides is 1. The minimum Gasteiger partial charge on any atom is -0.342 e. The van der Waals surface area contributed by atoms with Crippen molar-refractivity contribution in [3.05, 3.63) is 18.3 Å². The van der Waals surface area contributed by atoms with E-state index >= 15 is 0 Å². The number of imidazole rings is 1. The normalized spacial score (nSPS) is 20.3. The second kappa shape index (κ2) is 7.33. The monoisotopic (exact) mass is 359 g/mol. The lowest BCUT2D eigenvalue weighted by molar-refractivity contribution is -0.137. The number of nitrogens with one attached hydrogen (secondary N) is 1. The van der Waals surface area contributed by atoms with Crippen LogP contribution in [0.25, 0.3) is 11.2 Å². The number of thioether (sulfide) groups is 1. The molecule has 6 nitrogen and oxygen atoms in total. The van der Waals surface area contributed by atoms with Crippen LogP contribution in [0, 0.1) is 5.92 Å². The minimum absolute atomic E-state index is 0.218. The number of carbonyl (C=O) groups is 1. The lowest BCUT2D eigenvalue weighted by Crippen LogP contribution is -2.44. The van der Waals surface area contributed by atoms with Crippen LogP contribution in [-0.4, -0.2) is 57.8 Å². The van der Waals surface area contributed by atoms with Crippen molar-refractivity contribution in [3.8, 4) is 0 Å². The maximum absolute atomic E-state index is 12.7. The number of rotatable bonds is 3. The van der Waals surface area contributed by atoms with Gasteiger partial charge in [0.1, 0.15) is 5.52 Å². The average Bonchev–Trinajstić information content (AvgIpc) is 3.07. The van der Waals surface area contributed by atoms with Crippen molar-refractivity contribution >= 4 is 28.8 Å². The average molecular weight is 359 g/mol. The van der Waals surface area contributed by atoms with Gasteiger partial charge in [-0.2, -0.15) is 0 Å². The van der Waals surface area contributed by atoms with Crippen molar-refractivity contribution in [2.75, 3.05) is 32.4 Å². The highest BCUT2D eigenvalue weighted by atomic mass is 32.2. The zero-order chi connectivity index (χ0) is 17.2. The molecule has 2 aliphatic heterocycles. The van der Waals surface area contributed by atoms with E-state index < -0.39 is 0 Å². The van der Waals surface area contributed by atoms with E-state index in [-0.39, 0.29) is 5.92 Å². The standard InChI is InChI=1S/C18H25N5OS/c1-25-18-21-15-3-2-8-20-16(15)23(18)14-6-11-22(12-7-14)17(24)13-4-9-19-10-5-13/h2-3,8,13-14,19H,4-7,9-12H2,1H3. The molecule has 0 radical (unpaired) electrons. The largest absolute Gasteiger partial charge is 0.342 e. The first kappa shape index (κ1) is 16.8. The molecule has 7 heteroatoms. The summed E-state index contributed by atoms with van der Waals surface area (Å²) >= 11 is 1.67. The molecule has 0 unspecified atom stereocenters. The van der Waals surface area contributed by atoms with Crippen molar-refractivity contribution in [2.45, 2.75) is 36.9 Å². The highest BCUT2D eigenvalue weighted by molar-refractivity contribution is 7.98. The first-order chi connectivity index (χ1) is 12.3. The summed E-state index contributed by atoms with van der Waals surface area (Å²) in [4.78, 5) is 24.1. The molecule has 4 rings (SSSR count). The number of aromatic nitrogens is 3. The Morgan fingerprint density at radius 2 is 2.00 bits per heavy atom. The van der Waals surface area contributed by atoms with Gasteiger partial charge in [0, 0.05) is 31.2 Å². The Bertz CT molecular complexity index is 747. The van der Waals surface area contributed by atoms with Gasteiger partial charge in [0.05, 0.1) is 0 Å². The Hall–Kier alpha value is -1.60. The first-order valence-corrected chi connectivity index (χ1v) is 10.4. The van der Waals surface area contributed by atoms with Crippen LogP contribution in [0.2, 0.25) is 0 Å². The van der Waals surface area contributed by atoms with Crippen LogP contribution in [-0.2, 0) is 4.79 Å². The predicted octanol–water partition coefficient (Wildman–Crippen LogP) is 2.32. The third-order valence-electron chi connectivity index (χ3n) is 5.43. The van der Waals surface area contributed by atoms with E-state index in [0.29, 0.717) is 11.9 Å². The highest BCUT2D eigenvalue weighted by Gasteiger charge is 2.31. The molecule has 0 atom stereocenters. The number of pyridine rings is 1. The summed E-state index contributed by atoms with van der Waals surface area (Å²) in [5.41, 5.74) is 1.93. The van der Waals surface area contributed by atoms with Gasteiger partial charge in [-0.25, -0.2) is 9.97 Å². The Balaban J connectivity index is 1.48. The van der Waals surface area contributed by atoms with Crippen LogP contribution < -0.4 is 5.32 Å². The topological polar surface area (TPSA) is 63.1 Å². The summed E-state index contributed by atoms with van der Waals surface area (Å²) in [6.45, 7) is 3.62. The third kappa shape index (κ3) is 3.27. The van der Waals surface area contributed by atoms with Crippen LogP contribution in [0.3, 0.4) is 0 Å². The van der Waals surface area contributed by atoms with Crippen LogP contribution in [0.4, 0.5) is 0 Å². The van der Waals surface area contributed by atoms with Crippen molar-refractivity contribution < 1.29 is 4.79 Å². The van der Waals surface area contributed by atoms with Crippen molar-refractivity contribution in [2.24, 2.45) is 5.92 Å². The molecule has 0 saturated carbocycles. The molecule has 0 aliphatic carbocycles. The van der Waals surface area contributed by atoms with E-state index in [1.54, 1.807) is 11.8 Å². The van der Waals surface area contributed by atoms with Crippen LogP contribution in [0.15, 0.2) is 23.5 Å². The summed E-state index contributed by atoms with van der Waals surface area (Å²) in [5, 5.41) is 4.36. The van der Waals surface area contributed by atoms with E-state index in [2.05, 4.69) is 26.0 Å². The quantitative estimate of drug-likeness (QED) is 0.852. The van der Waals surface area contributed by atoms with Crippen molar-refractivity contribution in [1.82, 2.24) is 24.8 Å². The fraction of sp³-hybridized carbons (Fsp3) is 0.611. The van der Waals surface area contributed by atoms with Gasteiger partial charge in [-0.1, -0.05) is 11.8 Å². The molecular formula is C18H25N5OS. The van der Waals surface area contributed by atoms with Gasteiger partial charge < -0.3 is 14.8 Å². The van der Waals surface area contributed by atoms with Gasteiger partial charge in [-0.3, -0.25) is 4.79 Å². The molecular weight excluding hydrogens is 334 g/mol. The molecule has 25 heavy (non-hydrogen) atoms. The zero-order valence-electron chi connectivity index (χ0n) is 14.6. The second-order valence-corrected chi connectivity index (χ2v) is 7.67. The zero-order valence-corrected chi connectivity index (χ0v) is 15.5. The number of hydrogen-bond acceptors (Lipinski definition) is 5. The number of carbonyl (C=O) groups excluding carboxylic acids is 1. The first-order valence-electron chi connectivity index (χ1n) is 9.14. The van der Waals surface area contributed by atoms with E-state index in [4.69, 9.17) is 4.98 Å². The number of likely N-dealkylation sites (tertiary alicyclic amines) is 1. The molecule has 4 heterocycles. The molecule has 2 aromatic rings. The highest BCUT2D eigenvalue weighted by Crippen LogP contribution is 2.32. The maximum atomic E-state index is 12.7. The van der Waals surface area contributed by atoms with Gasteiger partial charge in [-0.05, 0) is 57.2 Å². The Morgan fingerprint density at radius 3 is 2.72 bits per heavy atom. The van der Waals surface area contributed by atoms with Crippen LogP contribution >= 0.6 is 11.8 Å². The van der Waals surface area contributed by atoms with Gasteiger partial charge in [-0.15, -0.1) is 0 Å². The number of fused-ring (bicyclic) bond motifs is 1. The second-order valence-electron chi connectivity index (χ2n) is 6.90. The van der Waals surface area contributed by atoms with E-state index in [1.807, 2.05) is 18.3 Å². The molecule has 0 spiro atoms. The molecule has 1 amide bonds. The van der Waals surface area contributed by atoms with Crippen molar-refractivity contribution in [3.63, 3.8) is 0 Å². The fourth-order valence-electron chi connectivity index (χ4n) is 4.05.